The Morgan fingerprint density at radius 1 is 1.46 bits per heavy atom. The molecule has 0 heterocycles. The van der Waals surface area contributed by atoms with Gasteiger partial charge in [0.2, 0.25) is 0 Å². The molecule has 0 aliphatic rings. The van der Waals surface area contributed by atoms with Crippen LogP contribution in [0.15, 0.2) is 0 Å². The van der Waals surface area contributed by atoms with E-state index in [2.05, 4.69) is 18.3 Å². The standard InChI is InChI=1S/C10H20N2O/c1-4-10(6-7-11)12-8-9(3)13-5-2/h9-10,12H,4-6,8H2,1-3H3. The topological polar surface area (TPSA) is 45.0 Å². The summed E-state index contributed by atoms with van der Waals surface area (Å²) in [5.41, 5.74) is 0. The Morgan fingerprint density at radius 2 is 2.15 bits per heavy atom. The molecule has 0 spiro atoms. The summed E-state index contributed by atoms with van der Waals surface area (Å²) >= 11 is 0. The molecule has 0 fully saturated rings. The Bertz CT molecular complexity index is 153. The minimum Gasteiger partial charge on any atom is -0.377 e. The third-order valence-corrected chi connectivity index (χ3v) is 1.98. The van der Waals surface area contributed by atoms with Crippen molar-refractivity contribution in [2.75, 3.05) is 13.2 Å². The van der Waals surface area contributed by atoms with Gasteiger partial charge in [-0.25, -0.2) is 0 Å². The van der Waals surface area contributed by atoms with Crippen LogP contribution in [0, 0.1) is 11.3 Å². The zero-order valence-corrected chi connectivity index (χ0v) is 8.84. The summed E-state index contributed by atoms with van der Waals surface area (Å²) in [6, 6.07) is 2.48. The normalized spacial score (nSPS) is 14.9. The summed E-state index contributed by atoms with van der Waals surface area (Å²) in [4.78, 5) is 0. The molecule has 0 radical (unpaired) electrons. The van der Waals surface area contributed by atoms with Crippen molar-refractivity contribution in [1.29, 1.82) is 5.26 Å². The number of nitriles is 1. The Hall–Kier alpha value is -0.590. The molecule has 1 N–H and O–H groups in total. The lowest BCUT2D eigenvalue weighted by atomic mass is 10.1. The monoisotopic (exact) mass is 184 g/mol. The predicted molar refractivity (Wildman–Crippen MR) is 53.4 cm³/mol. The lowest BCUT2D eigenvalue weighted by molar-refractivity contribution is 0.0739. The molecule has 3 nitrogen and oxygen atoms in total. The second-order valence-electron chi connectivity index (χ2n) is 3.14. The van der Waals surface area contributed by atoms with Crippen molar-refractivity contribution in [3.05, 3.63) is 0 Å². The lowest BCUT2D eigenvalue weighted by Gasteiger charge is -2.17. The Kier molecular flexibility index (Phi) is 7.66. The van der Waals surface area contributed by atoms with Gasteiger partial charge in [0.1, 0.15) is 0 Å². The van der Waals surface area contributed by atoms with Crippen molar-refractivity contribution in [3.8, 4) is 6.07 Å². The third-order valence-electron chi connectivity index (χ3n) is 1.98. The maximum absolute atomic E-state index is 8.52. The van der Waals surface area contributed by atoms with Crippen molar-refractivity contribution >= 4 is 0 Å². The van der Waals surface area contributed by atoms with Crippen LogP contribution >= 0.6 is 0 Å². The quantitative estimate of drug-likeness (QED) is 0.655. The summed E-state index contributed by atoms with van der Waals surface area (Å²) in [5, 5.41) is 11.8. The van der Waals surface area contributed by atoms with Gasteiger partial charge in [0.15, 0.2) is 0 Å². The van der Waals surface area contributed by atoms with Crippen molar-refractivity contribution < 1.29 is 4.74 Å². The zero-order chi connectivity index (χ0) is 10.1. The summed E-state index contributed by atoms with van der Waals surface area (Å²) in [6.45, 7) is 7.69. The molecule has 2 unspecified atom stereocenters. The minimum absolute atomic E-state index is 0.234. The molecule has 3 heteroatoms. The van der Waals surface area contributed by atoms with Gasteiger partial charge in [-0.05, 0) is 20.3 Å². The first-order chi connectivity index (χ1) is 6.24. The molecule has 0 aliphatic heterocycles. The van der Waals surface area contributed by atoms with Gasteiger partial charge in [0.05, 0.1) is 18.6 Å². The van der Waals surface area contributed by atoms with Crippen LogP contribution in [0.4, 0.5) is 0 Å². The lowest BCUT2D eigenvalue weighted by Crippen LogP contribution is -2.35. The Labute approximate surface area is 81.1 Å². The first-order valence-corrected chi connectivity index (χ1v) is 4.96. The smallest absolute Gasteiger partial charge is 0.0671 e. The molecule has 0 amide bonds. The molecule has 2 atom stereocenters. The van der Waals surface area contributed by atoms with Crippen molar-refractivity contribution in [2.24, 2.45) is 0 Å². The van der Waals surface area contributed by atoms with Gasteiger partial charge in [-0.15, -0.1) is 0 Å². The SMILES string of the molecule is CCOC(C)CNC(CC)CC#N. The zero-order valence-electron chi connectivity index (χ0n) is 8.84. The highest BCUT2D eigenvalue weighted by Crippen LogP contribution is 1.97. The molecule has 0 saturated heterocycles. The molecule has 0 saturated carbocycles. The van der Waals surface area contributed by atoms with E-state index in [9.17, 15) is 0 Å². The highest BCUT2D eigenvalue weighted by atomic mass is 16.5. The molecular formula is C10H20N2O. The van der Waals surface area contributed by atoms with Crippen LogP contribution in [0.5, 0.6) is 0 Å². The highest BCUT2D eigenvalue weighted by molar-refractivity contribution is 4.80. The second kappa shape index (κ2) is 8.03. The van der Waals surface area contributed by atoms with E-state index in [1.54, 1.807) is 0 Å². The maximum atomic E-state index is 8.52. The number of hydrogen-bond acceptors (Lipinski definition) is 3. The molecule has 13 heavy (non-hydrogen) atoms. The number of rotatable bonds is 7. The van der Waals surface area contributed by atoms with Gasteiger partial charge >= 0.3 is 0 Å². The fraction of sp³-hybridized carbons (Fsp3) is 0.900. The summed E-state index contributed by atoms with van der Waals surface area (Å²) in [6.07, 6.45) is 1.81. The highest BCUT2D eigenvalue weighted by Gasteiger charge is 2.06. The average Bonchev–Trinajstić information content (AvgIpc) is 2.12. The van der Waals surface area contributed by atoms with Crippen molar-refractivity contribution in [2.45, 2.75) is 45.8 Å². The molecule has 0 aliphatic carbocycles. The summed E-state index contributed by atoms with van der Waals surface area (Å²) in [7, 11) is 0. The first kappa shape index (κ1) is 12.4. The number of nitrogens with zero attached hydrogens (tertiary/aromatic N) is 1. The third kappa shape index (κ3) is 6.56. The van der Waals surface area contributed by atoms with E-state index in [0.29, 0.717) is 12.5 Å². The van der Waals surface area contributed by atoms with Crippen molar-refractivity contribution in [1.82, 2.24) is 5.32 Å². The van der Waals surface area contributed by atoms with Crippen LogP contribution in [-0.4, -0.2) is 25.3 Å². The largest absolute Gasteiger partial charge is 0.377 e. The minimum atomic E-state index is 0.234. The fourth-order valence-electron chi connectivity index (χ4n) is 1.15. The van der Waals surface area contributed by atoms with Crippen LogP contribution in [-0.2, 0) is 4.74 Å². The molecular weight excluding hydrogens is 164 g/mol. The second-order valence-corrected chi connectivity index (χ2v) is 3.14. The summed E-state index contributed by atoms with van der Waals surface area (Å²) in [5.74, 6) is 0. The summed E-state index contributed by atoms with van der Waals surface area (Å²) < 4.78 is 5.37. The number of ether oxygens (including phenoxy) is 1. The van der Waals surface area contributed by atoms with Gasteiger partial charge in [0.25, 0.3) is 0 Å². The molecule has 0 aromatic rings. The molecule has 0 aromatic heterocycles. The van der Waals surface area contributed by atoms with E-state index in [4.69, 9.17) is 10.00 Å². The molecule has 0 aromatic carbocycles. The van der Waals surface area contributed by atoms with E-state index in [0.717, 1.165) is 19.6 Å². The van der Waals surface area contributed by atoms with E-state index < -0.39 is 0 Å². The van der Waals surface area contributed by atoms with E-state index in [1.807, 2.05) is 13.8 Å². The van der Waals surface area contributed by atoms with Gasteiger partial charge in [-0.3, -0.25) is 0 Å². The maximum Gasteiger partial charge on any atom is 0.0671 e. The van der Waals surface area contributed by atoms with Gasteiger partial charge in [0, 0.05) is 19.2 Å². The van der Waals surface area contributed by atoms with E-state index in [-0.39, 0.29) is 6.10 Å². The van der Waals surface area contributed by atoms with Gasteiger partial charge in [-0.2, -0.15) is 5.26 Å². The average molecular weight is 184 g/mol. The van der Waals surface area contributed by atoms with Gasteiger partial charge in [-0.1, -0.05) is 6.92 Å². The van der Waals surface area contributed by atoms with Crippen molar-refractivity contribution in [3.63, 3.8) is 0 Å². The number of nitrogens with one attached hydrogen (secondary N) is 1. The molecule has 76 valence electrons. The Morgan fingerprint density at radius 3 is 2.62 bits per heavy atom. The molecule has 0 rings (SSSR count). The van der Waals surface area contributed by atoms with E-state index in [1.165, 1.54) is 0 Å². The fourth-order valence-corrected chi connectivity index (χ4v) is 1.15. The Balaban J connectivity index is 3.53. The van der Waals surface area contributed by atoms with Crippen LogP contribution in [0.3, 0.4) is 0 Å². The van der Waals surface area contributed by atoms with E-state index >= 15 is 0 Å². The molecule has 0 bridgehead atoms. The van der Waals surface area contributed by atoms with Crippen LogP contribution < -0.4 is 5.32 Å². The predicted octanol–water partition coefficient (Wildman–Crippen LogP) is 1.69. The van der Waals surface area contributed by atoms with Crippen LogP contribution in [0.1, 0.15) is 33.6 Å². The number of hydrogen-bond donors (Lipinski definition) is 1. The van der Waals surface area contributed by atoms with Crippen LogP contribution in [0.25, 0.3) is 0 Å². The van der Waals surface area contributed by atoms with Gasteiger partial charge < -0.3 is 10.1 Å². The first-order valence-electron chi connectivity index (χ1n) is 4.96. The van der Waals surface area contributed by atoms with Crippen LogP contribution in [0.2, 0.25) is 0 Å².